The normalized spacial score (nSPS) is 18.5. The molecule has 284 valence electrons. The standard InChI is InChI=1S/C20H22N6O3S.C18H19N5OS/c21-30(28,29)15-3-1-14(2-4-15)11-17(27)26-10-9-25(12-20(26)6-7-20)19-16-5-8-22-18(16)23-13-24-19;24-15(10-13-2-1-9-25-13)23-8-7-22(11-18(23)4-5-18)17-14-3-6-19-16(14)20-12-21-17/h1-5,8,13H,6-7,9-12H2,(H2,21,28,29)(H,22,23,24);1-3,6,9,12H,4-5,7-8,10-11H2,(H,19,20,21). The molecule has 4 N–H and O–H groups in total. The SMILES string of the molecule is NS(=O)(=O)c1ccc(CC(=O)N2CCN(c3ncnc4[nH]ccc34)CC23CC3)cc1.O=C(Cc1cccs1)N1CCN(c2ncnc3[nH]ccc23)CC12CC2. The van der Waals surface area contributed by atoms with Crippen LogP contribution in [0.15, 0.2) is 83.9 Å². The molecule has 2 aliphatic heterocycles. The molecule has 55 heavy (non-hydrogen) atoms. The molecule has 4 fully saturated rings. The van der Waals surface area contributed by atoms with Crippen molar-refractivity contribution in [2.45, 2.75) is 54.5 Å². The quantitative estimate of drug-likeness (QED) is 0.216. The number of piperazine rings is 2. The van der Waals surface area contributed by atoms with Crippen LogP contribution in [0.2, 0.25) is 0 Å². The number of aromatic nitrogens is 6. The minimum absolute atomic E-state index is 0.000172. The topological polar surface area (TPSA) is 190 Å². The predicted octanol–water partition coefficient (Wildman–Crippen LogP) is 3.47. The van der Waals surface area contributed by atoms with E-state index in [4.69, 9.17) is 5.14 Å². The minimum atomic E-state index is -3.73. The van der Waals surface area contributed by atoms with E-state index >= 15 is 0 Å². The molecule has 1 aromatic carbocycles. The highest BCUT2D eigenvalue weighted by molar-refractivity contribution is 7.89. The Morgan fingerprint density at radius 3 is 1.71 bits per heavy atom. The zero-order valence-electron chi connectivity index (χ0n) is 30.1. The van der Waals surface area contributed by atoms with Crippen molar-refractivity contribution in [3.8, 4) is 0 Å². The average Bonchev–Trinajstić information content (AvgIpc) is 3.81. The van der Waals surface area contributed by atoms with Gasteiger partial charge in [-0.15, -0.1) is 11.3 Å². The second-order valence-corrected chi connectivity index (χ2v) is 17.5. The van der Waals surface area contributed by atoms with Crippen LogP contribution in [-0.2, 0) is 32.5 Å². The van der Waals surface area contributed by atoms with Crippen LogP contribution in [0.3, 0.4) is 0 Å². The van der Waals surface area contributed by atoms with Crippen molar-refractivity contribution in [3.63, 3.8) is 0 Å². The number of primary sulfonamides is 1. The molecule has 2 amide bonds. The molecule has 0 unspecified atom stereocenters. The van der Waals surface area contributed by atoms with E-state index in [-0.39, 0.29) is 34.2 Å². The summed E-state index contributed by atoms with van der Waals surface area (Å²) < 4.78 is 22.8. The lowest BCUT2D eigenvalue weighted by atomic mass is 10.1. The van der Waals surface area contributed by atoms with Gasteiger partial charge in [0, 0.05) is 56.5 Å². The molecule has 2 saturated heterocycles. The van der Waals surface area contributed by atoms with Crippen LogP contribution in [0.5, 0.6) is 0 Å². The molecule has 0 radical (unpaired) electrons. The van der Waals surface area contributed by atoms with E-state index in [1.807, 2.05) is 46.9 Å². The van der Waals surface area contributed by atoms with Crippen molar-refractivity contribution in [1.29, 1.82) is 0 Å². The number of amides is 2. The summed E-state index contributed by atoms with van der Waals surface area (Å²) in [5.41, 5.74) is 2.30. The fraction of sp³-hybridized carbons (Fsp3) is 0.368. The second kappa shape index (κ2) is 13.7. The van der Waals surface area contributed by atoms with Crippen molar-refractivity contribution >= 4 is 66.9 Å². The third-order valence-electron chi connectivity index (χ3n) is 11.3. The summed E-state index contributed by atoms with van der Waals surface area (Å²) in [6.07, 6.45) is 11.8. The van der Waals surface area contributed by atoms with Crippen LogP contribution < -0.4 is 14.9 Å². The number of rotatable bonds is 7. The van der Waals surface area contributed by atoms with Gasteiger partial charge in [-0.05, 0) is 67.0 Å². The highest BCUT2D eigenvalue weighted by Crippen LogP contribution is 2.47. The van der Waals surface area contributed by atoms with E-state index in [1.165, 1.54) is 12.1 Å². The molecule has 2 spiro atoms. The molecule has 4 aliphatic rings. The maximum Gasteiger partial charge on any atom is 0.238 e. The van der Waals surface area contributed by atoms with Crippen LogP contribution in [0, 0.1) is 0 Å². The molecule has 2 aliphatic carbocycles. The monoisotopic (exact) mass is 779 g/mol. The number of H-pyrrole nitrogens is 2. The molecule has 2 saturated carbocycles. The molecule has 7 heterocycles. The van der Waals surface area contributed by atoms with Crippen LogP contribution in [0.1, 0.15) is 36.1 Å². The Balaban J connectivity index is 0.000000147. The molecule has 6 aromatic rings. The molecule has 0 atom stereocenters. The van der Waals surface area contributed by atoms with Gasteiger partial charge in [0.05, 0.1) is 39.6 Å². The Kier molecular flexibility index (Phi) is 8.81. The first kappa shape index (κ1) is 35.3. The number of fused-ring (bicyclic) bond motifs is 2. The number of benzene rings is 1. The lowest BCUT2D eigenvalue weighted by molar-refractivity contribution is -0.135. The molecule has 10 rings (SSSR count). The first-order valence-corrected chi connectivity index (χ1v) is 20.8. The van der Waals surface area contributed by atoms with Gasteiger partial charge in [-0.1, -0.05) is 18.2 Å². The van der Waals surface area contributed by atoms with E-state index in [0.29, 0.717) is 19.5 Å². The number of aromatic amines is 2. The lowest BCUT2D eigenvalue weighted by Gasteiger charge is -2.43. The van der Waals surface area contributed by atoms with Crippen molar-refractivity contribution in [2.75, 3.05) is 49.1 Å². The number of thiophene rings is 1. The molecular weight excluding hydrogens is 739 g/mol. The van der Waals surface area contributed by atoms with Crippen molar-refractivity contribution in [2.24, 2.45) is 5.14 Å². The number of anilines is 2. The maximum atomic E-state index is 13.1. The summed E-state index contributed by atoms with van der Waals surface area (Å²) >= 11 is 1.66. The van der Waals surface area contributed by atoms with Gasteiger partial charge in [-0.25, -0.2) is 33.5 Å². The summed E-state index contributed by atoms with van der Waals surface area (Å²) in [6.45, 7) is 4.52. The summed E-state index contributed by atoms with van der Waals surface area (Å²) in [5.74, 6) is 2.19. The fourth-order valence-electron chi connectivity index (χ4n) is 8.19. The largest absolute Gasteiger partial charge is 0.352 e. The minimum Gasteiger partial charge on any atom is -0.352 e. The number of hydrogen-bond acceptors (Lipinski definition) is 11. The van der Waals surface area contributed by atoms with Crippen LogP contribution in [0.4, 0.5) is 11.6 Å². The smallest absolute Gasteiger partial charge is 0.238 e. The van der Waals surface area contributed by atoms with Crippen molar-refractivity contribution in [3.05, 3.63) is 89.4 Å². The zero-order valence-corrected chi connectivity index (χ0v) is 31.7. The van der Waals surface area contributed by atoms with Crippen LogP contribution in [-0.4, -0.2) is 110 Å². The third-order valence-corrected chi connectivity index (χ3v) is 13.1. The zero-order chi connectivity index (χ0) is 37.8. The van der Waals surface area contributed by atoms with Gasteiger partial charge < -0.3 is 29.6 Å². The van der Waals surface area contributed by atoms with Gasteiger partial charge in [0.2, 0.25) is 21.8 Å². The van der Waals surface area contributed by atoms with E-state index in [9.17, 15) is 18.0 Å². The van der Waals surface area contributed by atoms with Crippen molar-refractivity contribution in [1.82, 2.24) is 39.7 Å². The summed E-state index contributed by atoms with van der Waals surface area (Å²) in [4.78, 5) is 59.6. The van der Waals surface area contributed by atoms with Gasteiger partial charge in [-0.2, -0.15) is 0 Å². The average molecular weight is 780 g/mol. The number of sulfonamides is 1. The fourth-order valence-corrected chi connectivity index (χ4v) is 9.40. The number of nitrogens with one attached hydrogen (secondary N) is 2. The molecule has 17 heteroatoms. The first-order chi connectivity index (χ1) is 26.6. The van der Waals surface area contributed by atoms with Gasteiger partial charge in [0.15, 0.2) is 0 Å². The van der Waals surface area contributed by atoms with E-state index in [2.05, 4.69) is 44.6 Å². The van der Waals surface area contributed by atoms with Crippen LogP contribution in [0.25, 0.3) is 22.1 Å². The highest BCUT2D eigenvalue weighted by Gasteiger charge is 2.54. The van der Waals surface area contributed by atoms with Gasteiger partial charge in [-0.3, -0.25) is 9.59 Å². The Morgan fingerprint density at radius 2 is 1.24 bits per heavy atom. The molecular formula is C38H41N11O4S2. The molecule has 0 bridgehead atoms. The third kappa shape index (κ3) is 6.91. The van der Waals surface area contributed by atoms with E-state index in [1.54, 1.807) is 36.1 Å². The predicted molar refractivity (Wildman–Crippen MR) is 209 cm³/mol. The Morgan fingerprint density at radius 1 is 0.709 bits per heavy atom. The number of carbonyl (C=O) groups excluding carboxylic acids is 2. The number of hydrogen-bond donors (Lipinski definition) is 3. The maximum absolute atomic E-state index is 13.1. The lowest BCUT2D eigenvalue weighted by Crippen LogP contribution is -2.57. The number of carbonyl (C=O) groups is 2. The first-order valence-electron chi connectivity index (χ1n) is 18.4. The molecule has 15 nitrogen and oxygen atoms in total. The summed E-state index contributed by atoms with van der Waals surface area (Å²) in [6, 6.07) is 14.2. The number of nitrogens with two attached hydrogens (primary N) is 1. The van der Waals surface area contributed by atoms with Gasteiger partial charge >= 0.3 is 0 Å². The van der Waals surface area contributed by atoms with E-state index in [0.717, 1.165) is 96.0 Å². The van der Waals surface area contributed by atoms with Crippen molar-refractivity contribution < 1.29 is 18.0 Å². The highest BCUT2D eigenvalue weighted by atomic mass is 32.2. The summed E-state index contributed by atoms with van der Waals surface area (Å²) in [7, 11) is -3.73. The number of nitrogens with zero attached hydrogens (tertiary/aromatic N) is 8. The molecule has 5 aromatic heterocycles. The van der Waals surface area contributed by atoms with Gasteiger partial charge in [0.25, 0.3) is 0 Å². The Hall–Kier alpha value is -5.39. The summed E-state index contributed by atoms with van der Waals surface area (Å²) in [5, 5.41) is 9.21. The van der Waals surface area contributed by atoms with Crippen LogP contribution >= 0.6 is 11.3 Å². The Bertz CT molecular complexity index is 2470. The van der Waals surface area contributed by atoms with E-state index < -0.39 is 10.0 Å². The Labute approximate surface area is 321 Å². The van der Waals surface area contributed by atoms with Gasteiger partial charge in [0.1, 0.15) is 35.6 Å². The second-order valence-electron chi connectivity index (χ2n) is 14.9.